The molecule has 0 amide bonds. The van der Waals surface area contributed by atoms with Crippen LogP contribution in [0.15, 0.2) is 0 Å². The molecule has 0 fully saturated rings. The first-order valence-electron chi connectivity index (χ1n) is 5.61. The minimum absolute atomic E-state index is 0.481. The Morgan fingerprint density at radius 1 is 1.23 bits per heavy atom. The minimum Gasteiger partial charge on any atom is -0.0922 e. The van der Waals surface area contributed by atoms with Crippen LogP contribution in [0.1, 0.15) is 59.8 Å². The SMILES string of the molecule is CCCCC(CC)CC(C)(C)CBr. The van der Waals surface area contributed by atoms with E-state index in [9.17, 15) is 0 Å². The van der Waals surface area contributed by atoms with Gasteiger partial charge in [0.2, 0.25) is 0 Å². The second kappa shape index (κ2) is 6.86. The van der Waals surface area contributed by atoms with Gasteiger partial charge < -0.3 is 0 Å². The van der Waals surface area contributed by atoms with Crippen molar-refractivity contribution in [3.05, 3.63) is 0 Å². The quantitative estimate of drug-likeness (QED) is 0.556. The second-order valence-electron chi connectivity index (χ2n) is 4.92. The molecule has 1 heteroatoms. The largest absolute Gasteiger partial charge is 0.0922 e. The van der Waals surface area contributed by atoms with Crippen molar-refractivity contribution in [2.45, 2.75) is 59.8 Å². The molecule has 0 saturated heterocycles. The summed E-state index contributed by atoms with van der Waals surface area (Å²) < 4.78 is 0. The molecule has 0 spiro atoms. The summed E-state index contributed by atoms with van der Waals surface area (Å²) in [6.45, 7) is 9.32. The Labute approximate surface area is 92.6 Å². The van der Waals surface area contributed by atoms with Crippen molar-refractivity contribution >= 4 is 15.9 Å². The first-order chi connectivity index (χ1) is 6.05. The molecule has 0 bridgehead atoms. The Balaban J connectivity index is 3.82. The molecule has 0 heterocycles. The number of unbranched alkanes of at least 4 members (excludes halogenated alkanes) is 1. The number of hydrogen-bond acceptors (Lipinski definition) is 0. The van der Waals surface area contributed by atoms with Gasteiger partial charge in [-0.15, -0.1) is 0 Å². The maximum absolute atomic E-state index is 3.60. The zero-order valence-electron chi connectivity index (χ0n) is 9.70. The monoisotopic (exact) mass is 248 g/mol. The standard InChI is InChI=1S/C12H25Br/c1-5-7-8-11(6-2)9-12(3,4)10-13/h11H,5-10H2,1-4H3. The molecule has 13 heavy (non-hydrogen) atoms. The summed E-state index contributed by atoms with van der Waals surface area (Å²) in [5.41, 5.74) is 0.481. The first kappa shape index (κ1) is 13.5. The van der Waals surface area contributed by atoms with Gasteiger partial charge in [0.15, 0.2) is 0 Å². The summed E-state index contributed by atoms with van der Waals surface area (Å²) in [4.78, 5) is 0. The fraction of sp³-hybridized carbons (Fsp3) is 1.00. The van der Waals surface area contributed by atoms with E-state index in [1.54, 1.807) is 0 Å². The summed E-state index contributed by atoms with van der Waals surface area (Å²) in [5.74, 6) is 0.937. The van der Waals surface area contributed by atoms with Gasteiger partial charge in [-0.1, -0.05) is 69.3 Å². The average Bonchev–Trinajstić information content (AvgIpc) is 2.12. The van der Waals surface area contributed by atoms with Gasteiger partial charge in [0.25, 0.3) is 0 Å². The van der Waals surface area contributed by atoms with E-state index in [2.05, 4.69) is 43.6 Å². The van der Waals surface area contributed by atoms with Crippen molar-refractivity contribution in [3.63, 3.8) is 0 Å². The van der Waals surface area contributed by atoms with E-state index < -0.39 is 0 Å². The Morgan fingerprint density at radius 2 is 1.85 bits per heavy atom. The van der Waals surface area contributed by atoms with Crippen LogP contribution in [-0.4, -0.2) is 5.33 Å². The Morgan fingerprint density at radius 3 is 2.23 bits per heavy atom. The van der Waals surface area contributed by atoms with E-state index in [4.69, 9.17) is 0 Å². The highest BCUT2D eigenvalue weighted by molar-refractivity contribution is 9.09. The molecule has 0 aromatic heterocycles. The molecule has 1 atom stereocenters. The smallest absolute Gasteiger partial charge is 0.00827 e. The molecule has 0 aliphatic rings. The van der Waals surface area contributed by atoms with Crippen LogP contribution in [0.5, 0.6) is 0 Å². The van der Waals surface area contributed by atoms with E-state index in [1.165, 1.54) is 32.1 Å². The summed E-state index contributed by atoms with van der Waals surface area (Å²) in [5, 5.41) is 1.13. The van der Waals surface area contributed by atoms with Crippen molar-refractivity contribution in [2.75, 3.05) is 5.33 Å². The molecular weight excluding hydrogens is 224 g/mol. The first-order valence-corrected chi connectivity index (χ1v) is 6.73. The topological polar surface area (TPSA) is 0 Å². The van der Waals surface area contributed by atoms with Gasteiger partial charge in [0.05, 0.1) is 0 Å². The van der Waals surface area contributed by atoms with Crippen molar-refractivity contribution < 1.29 is 0 Å². The van der Waals surface area contributed by atoms with Gasteiger partial charge in [-0.25, -0.2) is 0 Å². The van der Waals surface area contributed by atoms with E-state index in [-0.39, 0.29) is 0 Å². The lowest BCUT2D eigenvalue weighted by atomic mass is 9.81. The van der Waals surface area contributed by atoms with Crippen molar-refractivity contribution in [3.8, 4) is 0 Å². The average molecular weight is 249 g/mol. The van der Waals surface area contributed by atoms with Crippen LogP contribution in [0.25, 0.3) is 0 Å². The van der Waals surface area contributed by atoms with Crippen LogP contribution in [-0.2, 0) is 0 Å². The molecule has 1 unspecified atom stereocenters. The lowest BCUT2D eigenvalue weighted by Gasteiger charge is -2.27. The van der Waals surface area contributed by atoms with E-state index >= 15 is 0 Å². The van der Waals surface area contributed by atoms with Gasteiger partial charge in [-0.2, -0.15) is 0 Å². The van der Waals surface area contributed by atoms with Crippen LogP contribution in [0.4, 0.5) is 0 Å². The normalized spacial score (nSPS) is 14.5. The number of hydrogen-bond donors (Lipinski definition) is 0. The third kappa shape index (κ3) is 6.54. The molecule has 0 nitrogen and oxygen atoms in total. The Bertz CT molecular complexity index is 118. The third-order valence-electron chi connectivity index (χ3n) is 2.75. The zero-order chi connectivity index (χ0) is 10.3. The number of halogens is 1. The zero-order valence-corrected chi connectivity index (χ0v) is 11.3. The maximum atomic E-state index is 3.60. The van der Waals surface area contributed by atoms with E-state index in [0.29, 0.717) is 5.41 Å². The molecule has 80 valence electrons. The molecule has 0 aliphatic heterocycles. The van der Waals surface area contributed by atoms with Gasteiger partial charge >= 0.3 is 0 Å². The minimum atomic E-state index is 0.481. The molecule has 0 aromatic carbocycles. The highest BCUT2D eigenvalue weighted by Crippen LogP contribution is 2.31. The fourth-order valence-electron chi connectivity index (χ4n) is 1.78. The highest BCUT2D eigenvalue weighted by Gasteiger charge is 2.20. The van der Waals surface area contributed by atoms with Gasteiger partial charge in [-0.05, 0) is 17.8 Å². The van der Waals surface area contributed by atoms with Crippen LogP contribution >= 0.6 is 15.9 Å². The summed E-state index contributed by atoms with van der Waals surface area (Å²) >= 11 is 3.60. The van der Waals surface area contributed by atoms with E-state index in [0.717, 1.165) is 11.2 Å². The molecule has 0 aliphatic carbocycles. The Hall–Kier alpha value is 0.480. The number of rotatable bonds is 7. The lowest BCUT2D eigenvalue weighted by molar-refractivity contribution is 0.279. The van der Waals surface area contributed by atoms with Crippen molar-refractivity contribution in [2.24, 2.45) is 11.3 Å². The van der Waals surface area contributed by atoms with Crippen LogP contribution in [0.3, 0.4) is 0 Å². The molecule has 0 aromatic rings. The molecular formula is C12H25Br. The van der Waals surface area contributed by atoms with E-state index in [1.807, 2.05) is 0 Å². The summed E-state index contributed by atoms with van der Waals surface area (Å²) in [6.07, 6.45) is 6.87. The van der Waals surface area contributed by atoms with Gasteiger partial charge in [0.1, 0.15) is 0 Å². The van der Waals surface area contributed by atoms with Gasteiger partial charge in [-0.3, -0.25) is 0 Å². The fourth-order valence-corrected chi connectivity index (χ4v) is 2.01. The van der Waals surface area contributed by atoms with Crippen LogP contribution in [0, 0.1) is 11.3 Å². The van der Waals surface area contributed by atoms with Crippen molar-refractivity contribution in [1.29, 1.82) is 0 Å². The highest BCUT2D eigenvalue weighted by atomic mass is 79.9. The summed E-state index contributed by atoms with van der Waals surface area (Å²) in [7, 11) is 0. The van der Waals surface area contributed by atoms with Gasteiger partial charge in [0, 0.05) is 5.33 Å². The number of alkyl halides is 1. The predicted molar refractivity (Wildman–Crippen MR) is 65.5 cm³/mol. The predicted octanol–water partition coefficient (Wildman–Crippen LogP) is 5.01. The molecule has 0 N–H and O–H groups in total. The third-order valence-corrected chi connectivity index (χ3v) is 4.26. The molecule has 0 radical (unpaired) electrons. The molecule has 0 rings (SSSR count). The van der Waals surface area contributed by atoms with Crippen LogP contribution < -0.4 is 0 Å². The Kier molecular flexibility index (Phi) is 7.12. The van der Waals surface area contributed by atoms with Crippen LogP contribution in [0.2, 0.25) is 0 Å². The lowest BCUT2D eigenvalue weighted by Crippen LogP contribution is -2.18. The molecule has 0 saturated carbocycles. The summed E-state index contributed by atoms with van der Waals surface area (Å²) in [6, 6.07) is 0. The maximum Gasteiger partial charge on any atom is 0.00827 e. The second-order valence-corrected chi connectivity index (χ2v) is 5.48. The van der Waals surface area contributed by atoms with Crippen molar-refractivity contribution in [1.82, 2.24) is 0 Å².